The zero-order valence-corrected chi connectivity index (χ0v) is 16.5. The van der Waals surface area contributed by atoms with E-state index in [1.54, 1.807) is 0 Å². The van der Waals surface area contributed by atoms with E-state index in [0.29, 0.717) is 23.6 Å². The van der Waals surface area contributed by atoms with Gasteiger partial charge in [0.05, 0.1) is 0 Å². The molecule has 0 aromatic heterocycles. The molecule has 4 heteroatoms. The van der Waals surface area contributed by atoms with E-state index in [1.165, 1.54) is 76.4 Å². The van der Waals surface area contributed by atoms with E-state index in [0.717, 1.165) is 12.5 Å². The lowest BCUT2D eigenvalue weighted by Crippen LogP contribution is -2.45. The summed E-state index contributed by atoms with van der Waals surface area (Å²) in [6.45, 7) is 3.53. The minimum atomic E-state index is -0.318. The Labute approximate surface area is 163 Å². The monoisotopic (exact) mass is 369 g/mol. The number of nitrogens with two attached hydrogens (primary N) is 1. The molecule has 2 heterocycles. The Morgan fingerprint density at radius 3 is 2.52 bits per heavy atom. The zero-order chi connectivity index (χ0) is 18.6. The van der Waals surface area contributed by atoms with Gasteiger partial charge in [-0.05, 0) is 74.6 Å². The number of primary amides is 1. The molecule has 1 aromatic carbocycles. The highest BCUT2D eigenvalue weighted by Crippen LogP contribution is 2.42. The summed E-state index contributed by atoms with van der Waals surface area (Å²) in [6.07, 6.45) is 12.3. The maximum atomic E-state index is 11.5. The maximum absolute atomic E-state index is 11.5. The van der Waals surface area contributed by atoms with Crippen molar-refractivity contribution in [3.05, 3.63) is 35.4 Å². The highest BCUT2D eigenvalue weighted by atomic mass is 16.1. The summed E-state index contributed by atoms with van der Waals surface area (Å²) in [6, 6.07) is 9.43. The quantitative estimate of drug-likeness (QED) is 0.721. The Balaban J connectivity index is 1.27. The van der Waals surface area contributed by atoms with Crippen LogP contribution in [-0.2, 0) is 0 Å². The molecule has 1 amide bonds. The van der Waals surface area contributed by atoms with Crippen LogP contribution in [0.25, 0.3) is 0 Å². The molecule has 1 aromatic rings. The lowest BCUT2D eigenvalue weighted by Gasteiger charge is -2.39. The molecule has 2 aliphatic heterocycles. The van der Waals surface area contributed by atoms with Crippen LogP contribution in [0.2, 0.25) is 0 Å². The second kappa shape index (κ2) is 8.74. The Hall–Kier alpha value is -1.39. The van der Waals surface area contributed by atoms with Crippen molar-refractivity contribution in [1.82, 2.24) is 10.2 Å². The number of piperidine rings is 1. The number of hydrogen-bond acceptors (Lipinski definition) is 3. The molecule has 3 aliphatic rings. The Morgan fingerprint density at radius 2 is 1.81 bits per heavy atom. The van der Waals surface area contributed by atoms with Crippen molar-refractivity contribution in [2.75, 3.05) is 19.6 Å². The summed E-state index contributed by atoms with van der Waals surface area (Å²) in [5.41, 5.74) is 7.42. The fourth-order valence-corrected chi connectivity index (χ4v) is 5.76. The van der Waals surface area contributed by atoms with Gasteiger partial charge >= 0.3 is 0 Å². The lowest BCUT2D eigenvalue weighted by molar-refractivity contribution is 0.1000. The Bertz CT molecular complexity index is 626. The molecule has 2 unspecified atom stereocenters. The highest BCUT2D eigenvalue weighted by Gasteiger charge is 2.40. The summed E-state index contributed by atoms with van der Waals surface area (Å²) in [4.78, 5) is 14.3. The standard InChI is InChI=1S/C23H35N3O/c24-23(27)19-8-4-7-18(13-19)20-14-21-9-10-22(15-20)26(21)12-11-25-16-17-5-2-1-3-6-17/h4,7-8,13,17,20-22,25H,1-3,5-6,9-12,14-16H2,(H2,24,27). The van der Waals surface area contributed by atoms with Gasteiger partial charge < -0.3 is 11.1 Å². The molecular weight excluding hydrogens is 334 g/mol. The first-order valence-electron chi connectivity index (χ1n) is 11.1. The fourth-order valence-electron chi connectivity index (χ4n) is 5.76. The van der Waals surface area contributed by atoms with E-state index in [9.17, 15) is 4.79 Å². The van der Waals surface area contributed by atoms with Crippen LogP contribution < -0.4 is 11.1 Å². The summed E-state index contributed by atoms with van der Waals surface area (Å²) < 4.78 is 0. The van der Waals surface area contributed by atoms with Gasteiger partial charge in [-0.3, -0.25) is 9.69 Å². The number of rotatable bonds is 7. The molecule has 3 N–H and O–H groups in total. The van der Waals surface area contributed by atoms with Crippen molar-refractivity contribution in [3.8, 4) is 0 Å². The molecule has 4 nitrogen and oxygen atoms in total. The first kappa shape index (κ1) is 18.9. The van der Waals surface area contributed by atoms with Crippen LogP contribution in [0.5, 0.6) is 0 Å². The first-order valence-corrected chi connectivity index (χ1v) is 11.1. The number of amides is 1. The van der Waals surface area contributed by atoms with Crippen molar-refractivity contribution in [2.24, 2.45) is 11.7 Å². The van der Waals surface area contributed by atoms with Crippen molar-refractivity contribution < 1.29 is 4.79 Å². The molecule has 2 bridgehead atoms. The van der Waals surface area contributed by atoms with Crippen LogP contribution >= 0.6 is 0 Å². The van der Waals surface area contributed by atoms with E-state index >= 15 is 0 Å². The normalized spacial score (nSPS) is 29.1. The van der Waals surface area contributed by atoms with Crippen LogP contribution in [0.15, 0.2) is 24.3 Å². The molecule has 0 radical (unpaired) electrons. The van der Waals surface area contributed by atoms with Gasteiger partial charge in [-0.1, -0.05) is 31.4 Å². The second-order valence-corrected chi connectivity index (χ2v) is 8.99. The van der Waals surface area contributed by atoms with E-state index in [2.05, 4.69) is 16.3 Å². The number of carbonyl (C=O) groups excluding carboxylic acids is 1. The van der Waals surface area contributed by atoms with Gasteiger partial charge in [0.25, 0.3) is 0 Å². The third-order valence-corrected chi connectivity index (χ3v) is 7.23. The van der Waals surface area contributed by atoms with Gasteiger partial charge in [-0.2, -0.15) is 0 Å². The first-order chi connectivity index (χ1) is 13.2. The molecule has 3 fully saturated rings. The number of hydrogen-bond donors (Lipinski definition) is 2. The van der Waals surface area contributed by atoms with Gasteiger partial charge in [-0.25, -0.2) is 0 Å². The lowest BCUT2D eigenvalue weighted by atomic mass is 9.84. The van der Waals surface area contributed by atoms with Crippen LogP contribution in [0.4, 0.5) is 0 Å². The molecule has 2 atom stereocenters. The largest absolute Gasteiger partial charge is 0.366 e. The Morgan fingerprint density at radius 1 is 1.07 bits per heavy atom. The summed E-state index contributed by atoms with van der Waals surface area (Å²) in [5, 5.41) is 3.74. The molecule has 2 saturated heterocycles. The van der Waals surface area contributed by atoms with Crippen molar-refractivity contribution in [1.29, 1.82) is 0 Å². The van der Waals surface area contributed by atoms with Gasteiger partial charge in [0, 0.05) is 30.7 Å². The number of benzene rings is 1. The van der Waals surface area contributed by atoms with Gasteiger partial charge in [-0.15, -0.1) is 0 Å². The number of fused-ring (bicyclic) bond motifs is 2. The number of nitrogens with one attached hydrogen (secondary N) is 1. The molecule has 1 saturated carbocycles. The van der Waals surface area contributed by atoms with E-state index < -0.39 is 0 Å². The summed E-state index contributed by atoms with van der Waals surface area (Å²) in [7, 11) is 0. The van der Waals surface area contributed by atoms with Crippen LogP contribution in [0, 0.1) is 5.92 Å². The predicted molar refractivity (Wildman–Crippen MR) is 110 cm³/mol. The zero-order valence-electron chi connectivity index (χ0n) is 16.5. The number of nitrogens with zero attached hydrogens (tertiary/aromatic N) is 1. The van der Waals surface area contributed by atoms with Crippen LogP contribution in [-0.4, -0.2) is 42.5 Å². The molecule has 148 valence electrons. The average molecular weight is 370 g/mol. The number of carbonyl (C=O) groups is 1. The van der Waals surface area contributed by atoms with Crippen molar-refractivity contribution >= 4 is 5.91 Å². The molecule has 4 rings (SSSR count). The molecule has 0 spiro atoms. The van der Waals surface area contributed by atoms with Crippen LogP contribution in [0.3, 0.4) is 0 Å². The maximum Gasteiger partial charge on any atom is 0.248 e. The fraction of sp³-hybridized carbons (Fsp3) is 0.696. The smallest absolute Gasteiger partial charge is 0.248 e. The van der Waals surface area contributed by atoms with Gasteiger partial charge in [0.1, 0.15) is 0 Å². The van der Waals surface area contributed by atoms with Crippen LogP contribution in [0.1, 0.15) is 79.6 Å². The summed E-state index contributed by atoms with van der Waals surface area (Å²) >= 11 is 0. The van der Waals surface area contributed by atoms with E-state index in [4.69, 9.17) is 5.73 Å². The van der Waals surface area contributed by atoms with Gasteiger partial charge in [0.15, 0.2) is 0 Å². The molecule has 1 aliphatic carbocycles. The average Bonchev–Trinajstić information content (AvgIpc) is 2.93. The SMILES string of the molecule is NC(=O)c1cccc(C2CC3CCC(C2)N3CCNCC2CCCCC2)c1. The van der Waals surface area contributed by atoms with Gasteiger partial charge in [0.2, 0.25) is 5.91 Å². The van der Waals surface area contributed by atoms with Crippen molar-refractivity contribution in [3.63, 3.8) is 0 Å². The third kappa shape index (κ3) is 4.55. The minimum Gasteiger partial charge on any atom is -0.366 e. The Kier molecular flexibility index (Phi) is 6.14. The van der Waals surface area contributed by atoms with E-state index in [1.807, 2.05) is 18.2 Å². The topological polar surface area (TPSA) is 58.4 Å². The minimum absolute atomic E-state index is 0.318. The van der Waals surface area contributed by atoms with Crippen molar-refractivity contribution in [2.45, 2.75) is 75.8 Å². The second-order valence-electron chi connectivity index (χ2n) is 8.99. The predicted octanol–water partition coefficient (Wildman–Crippen LogP) is 3.67. The molecular formula is C23H35N3O. The molecule has 27 heavy (non-hydrogen) atoms. The van der Waals surface area contributed by atoms with E-state index in [-0.39, 0.29) is 5.91 Å². The summed E-state index contributed by atoms with van der Waals surface area (Å²) in [5.74, 6) is 1.17. The third-order valence-electron chi connectivity index (χ3n) is 7.23. The highest BCUT2D eigenvalue weighted by molar-refractivity contribution is 5.92.